The molecular weight excluding hydrogens is 315 g/mol. The molecule has 138 valence electrons. The van der Waals surface area contributed by atoms with Crippen LogP contribution < -0.4 is 5.32 Å². The largest absolute Gasteiger partial charge is 0.354 e. The third kappa shape index (κ3) is 8.34. The number of aryl methyl sites for hydroxylation is 1. The van der Waals surface area contributed by atoms with Crippen LogP contribution in [0.4, 0.5) is 10.1 Å². The van der Waals surface area contributed by atoms with Crippen LogP contribution in [0.25, 0.3) is 0 Å². The minimum Gasteiger partial charge on any atom is -0.354 e. The number of allylic oxidation sites excluding steroid dienone is 1. The molecule has 0 bridgehead atoms. The molecule has 0 heterocycles. The lowest BCUT2D eigenvalue weighted by atomic mass is 10.1. The molecule has 0 aliphatic rings. The number of rotatable bonds is 6. The molecule has 0 radical (unpaired) electrons. The number of nitrogens with one attached hydrogen (secondary N) is 1. The topological polar surface area (TPSA) is 32.3 Å². The minimum atomic E-state index is -0.599. The van der Waals surface area contributed by atoms with E-state index in [-0.39, 0.29) is 5.57 Å². The van der Waals surface area contributed by atoms with E-state index in [9.17, 15) is 9.18 Å². The summed E-state index contributed by atoms with van der Waals surface area (Å²) in [5.74, 6) is -0.311. The molecule has 1 amide bonds. The maximum atomic E-state index is 14.0. The lowest BCUT2D eigenvalue weighted by molar-refractivity contribution is -0.112. The first-order valence-electron chi connectivity index (χ1n) is 8.32. The van der Waals surface area contributed by atoms with Gasteiger partial charge in [-0.25, -0.2) is 0 Å². The molecule has 1 rings (SSSR count). The van der Waals surface area contributed by atoms with Crippen LogP contribution in [0, 0.1) is 12.8 Å². The van der Waals surface area contributed by atoms with E-state index < -0.39 is 11.9 Å². The summed E-state index contributed by atoms with van der Waals surface area (Å²) in [4.78, 5) is 13.4. The zero-order chi connectivity index (χ0) is 19.6. The molecule has 0 spiro atoms. The Morgan fingerprint density at radius 2 is 1.88 bits per heavy atom. The van der Waals surface area contributed by atoms with Gasteiger partial charge in [-0.3, -0.25) is 4.79 Å². The number of hydrogen-bond acceptors (Lipinski definition) is 2. The molecular formula is C21H31FN2O. The van der Waals surface area contributed by atoms with Crippen molar-refractivity contribution in [3.05, 3.63) is 66.2 Å². The quantitative estimate of drug-likeness (QED) is 0.320. The number of carbonyl (C=O) groups is 1. The smallest absolute Gasteiger partial charge is 0.260 e. The first-order chi connectivity index (χ1) is 11.6. The first-order valence-corrected chi connectivity index (χ1v) is 8.32. The van der Waals surface area contributed by atoms with Crippen molar-refractivity contribution in [1.82, 2.24) is 4.90 Å². The molecule has 25 heavy (non-hydrogen) atoms. The van der Waals surface area contributed by atoms with Crippen LogP contribution in [0.5, 0.6) is 0 Å². The maximum absolute atomic E-state index is 14.0. The molecule has 0 saturated carbocycles. The Morgan fingerprint density at radius 1 is 1.32 bits per heavy atom. The van der Waals surface area contributed by atoms with E-state index in [1.807, 2.05) is 31.2 Å². The molecule has 0 aromatic heterocycles. The Morgan fingerprint density at radius 3 is 2.24 bits per heavy atom. The summed E-state index contributed by atoms with van der Waals surface area (Å²) >= 11 is 0. The van der Waals surface area contributed by atoms with Crippen molar-refractivity contribution in [2.24, 2.45) is 5.92 Å². The van der Waals surface area contributed by atoms with Crippen molar-refractivity contribution < 1.29 is 9.18 Å². The van der Waals surface area contributed by atoms with Crippen LogP contribution in [0.2, 0.25) is 0 Å². The average Bonchev–Trinajstić information content (AvgIpc) is 2.49. The first kappa shape index (κ1) is 22.6. The molecule has 0 unspecified atom stereocenters. The Kier molecular flexibility index (Phi) is 10.2. The van der Waals surface area contributed by atoms with Gasteiger partial charge in [-0.2, -0.15) is 4.39 Å². The van der Waals surface area contributed by atoms with Crippen LogP contribution in [0.15, 0.2) is 60.6 Å². The van der Waals surface area contributed by atoms with Crippen molar-refractivity contribution in [3.8, 4) is 0 Å². The van der Waals surface area contributed by atoms with Crippen LogP contribution >= 0.6 is 0 Å². The highest BCUT2D eigenvalue weighted by Gasteiger charge is 2.18. The molecule has 0 saturated heterocycles. The normalized spacial score (nSPS) is 11.0. The van der Waals surface area contributed by atoms with Gasteiger partial charge in [0.2, 0.25) is 5.95 Å². The molecule has 1 N–H and O–H groups in total. The van der Waals surface area contributed by atoms with E-state index in [0.717, 1.165) is 17.9 Å². The second kappa shape index (κ2) is 11.2. The monoisotopic (exact) mass is 346 g/mol. The molecule has 4 heteroatoms. The van der Waals surface area contributed by atoms with Crippen LogP contribution in [0.3, 0.4) is 0 Å². The van der Waals surface area contributed by atoms with Gasteiger partial charge in [0.05, 0.1) is 5.57 Å². The molecule has 3 nitrogen and oxygen atoms in total. The summed E-state index contributed by atoms with van der Waals surface area (Å²) < 4.78 is 14.0. The molecule has 0 fully saturated rings. The second-order valence-corrected chi connectivity index (χ2v) is 6.53. The fourth-order valence-corrected chi connectivity index (χ4v) is 1.92. The predicted molar refractivity (Wildman–Crippen MR) is 106 cm³/mol. The number of nitrogens with zero attached hydrogens (tertiary/aromatic N) is 1. The van der Waals surface area contributed by atoms with E-state index in [1.165, 1.54) is 4.90 Å². The highest BCUT2D eigenvalue weighted by molar-refractivity contribution is 6.07. The summed E-state index contributed by atoms with van der Waals surface area (Å²) in [6, 6.07) is 7.34. The molecule has 0 aliphatic carbocycles. The fraction of sp³-hybridized carbons (Fsp3) is 0.381. The van der Waals surface area contributed by atoms with E-state index in [1.54, 1.807) is 27.1 Å². The van der Waals surface area contributed by atoms with Gasteiger partial charge in [0.1, 0.15) is 0 Å². The Balaban J connectivity index is 0.000000823. The van der Waals surface area contributed by atoms with Gasteiger partial charge < -0.3 is 10.2 Å². The van der Waals surface area contributed by atoms with Crippen molar-refractivity contribution in [1.29, 1.82) is 0 Å². The summed E-state index contributed by atoms with van der Waals surface area (Å²) in [5.41, 5.74) is 1.94. The lowest BCUT2D eigenvalue weighted by Crippen LogP contribution is -2.21. The molecule has 1 aromatic carbocycles. The highest BCUT2D eigenvalue weighted by Crippen LogP contribution is 2.20. The van der Waals surface area contributed by atoms with E-state index in [0.29, 0.717) is 11.3 Å². The number of anilines is 1. The van der Waals surface area contributed by atoms with Gasteiger partial charge in [0.25, 0.3) is 5.91 Å². The summed E-state index contributed by atoms with van der Waals surface area (Å²) in [6.07, 6.45) is 3.09. The lowest BCUT2D eigenvalue weighted by Gasteiger charge is -2.16. The number of carbonyl (C=O) groups excluding carboxylic acids is 1. The van der Waals surface area contributed by atoms with Crippen molar-refractivity contribution >= 4 is 11.6 Å². The van der Waals surface area contributed by atoms with Gasteiger partial charge in [-0.1, -0.05) is 44.7 Å². The second-order valence-electron chi connectivity index (χ2n) is 6.53. The fourth-order valence-electron chi connectivity index (χ4n) is 1.92. The number of halogens is 1. The van der Waals surface area contributed by atoms with E-state index in [2.05, 4.69) is 32.3 Å². The standard InChI is InChI=1S/C15H19FN2O.C6H12/c1-10(2)13(14(16)18(4)5)15(19)17-12-9-7-6-8-11(12)3;1-4-5-6(2)3/h6-9H,1H2,2-5H3,(H,17,19);4,6H,1,5H2,2-3H3/b14-13+;. The zero-order valence-electron chi connectivity index (χ0n) is 16.3. The average molecular weight is 346 g/mol. The third-order valence-electron chi connectivity index (χ3n) is 3.28. The van der Waals surface area contributed by atoms with Gasteiger partial charge in [0.15, 0.2) is 0 Å². The predicted octanol–water partition coefficient (Wildman–Crippen LogP) is 5.47. The third-order valence-corrected chi connectivity index (χ3v) is 3.28. The van der Waals surface area contributed by atoms with Gasteiger partial charge in [0, 0.05) is 19.8 Å². The van der Waals surface area contributed by atoms with Gasteiger partial charge in [-0.05, 0) is 43.4 Å². The van der Waals surface area contributed by atoms with Crippen molar-refractivity contribution in [2.45, 2.75) is 34.1 Å². The summed E-state index contributed by atoms with van der Waals surface area (Å²) in [5, 5.41) is 2.70. The Hall–Kier alpha value is -2.36. The Bertz CT molecular complexity index is 631. The maximum Gasteiger partial charge on any atom is 0.260 e. The van der Waals surface area contributed by atoms with E-state index in [4.69, 9.17) is 0 Å². The molecule has 1 aromatic rings. The minimum absolute atomic E-state index is 0.0340. The van der Waals surface area contributed by atoms with Crippen molar-refractivity contribution in [2.75, 3.05) is 19.4 Å². The van der Waals surface area contributed by atoms with Gasteiger partial charge in [-0.15, -0.1) is 6.58 Å². The van der Waals surface area contributed by atoms with Crippen LogP contribution in [-0.2, 0) is 4.79 Å². The Labute approximate surface area is 151 Å². The summed E-state index contributed by atoms with van der Waals surface area (Å²) in [7, 11) is 3.08. The SMILES string of the molecule is C=C(C)/C(C(=O)Nc1ccccc1C)=C(/F)N(C)C.C=CCC(C)C. The number of amides is 1. The zero-order valence-corrected chi connectivity index (χ0v) is 16.3. The number of benzene rings is 1. The molecule has 0 atom stereocenters. The van der Waals surface area contributed by atoms with Crippen LogP contribution in [-0.4, -0.2) is 24.9 Å². The molecule has 0 aliphatic heterocycles. The number of hydrogen-bond donors (Lipinski definition) is 1. The van der Waals surface area contributed by atoms with E-state index >= 15 is 0 Å². The van der Waals surface area contributed by atoms with Gasteiger partial charge >= 0.3 is 0 Å². The van der Waals surface area contributed by atoms with Crippen LogP contribution in [0.1, 0.15) is 32.8 Å². The number of para-hydroxylation sites is 1. The van der Waals surface area contributed by atoms with Crippen molar-refractivity contribution in [3.63, 3.8) is 0 Å². The summed E-state index contributed by atoms with van der Waals surface area (Å²) in [6.45, 7) is 15.1. The highest BCUT2D eigenvalue weighted by atomic mass is 19.1.